The first-order valence-electron chi connectivity index (χ1n) is 6.60. The summed E-state index contributed by atoms with van der Waals surface area (Å²) in [5.74, 6) is -0.625. The van der Waals surface area contributed by atoms with E-state index in [0.717, 1.165) is 0 Å². The van der Waals surface area contributed by atoms with E-state index in [4.69, 9.17) is 9.15 Å². The third-order valence-corrected chi connectivity index (χ3v) is 4.00. The molecule has 1 aromatic heterocycles. The molecule has 5 atom stereocenters. The fourth-order valence-corrected chi connectivity index (χ4v) is 2.98. The maximum absolute atomic E-state index is 11.8. The van der Waals surface area contributed by atoms with Gasteiger partial charge in [0.05, 0.1) is 18.4 Å². The molecule has 0 saturated carbocycles. The fraction of sp³-hybridized carbons (Fsp3) is 0.615. The SMILES string of the molecule is O=C(O[C@H]1CN2CC[C@H](O)C2[C@@H](O)[C@@H]1O)c1ccco1. The summed E-state index contributed by atoms with van der Waals surface area (Å²) in [6.45, 7) is 0.886. The summed E-state index contributed by atoms with van der Waals surface area (Å²) in [6.07, 6.45) is -1.98. The van der Waals surface area contributed by atoms with Crippen LogP contribution in [0.15, 0.2) is 22.8 Å². The molecule has 0 aromatic carbocycles. The number of hydrogen-bond acceptors (Lipinski definition) is 7. The second kappa shape index (κ2) is 5.17. The minimum atomic E-state index is -1.22. The second-order valence-electron chi connectivity index (χ2n) is 5.24. The molecule has 2 aliphatic heterocycles. The number of furan rings is 1. The number of piperidine rings is 1. The number of hydrogen-bond donors (Lipinski definition) is 3. The van der Waals surface area contributed by atoms with E-state index in [2.05, 4.69) is 0 Å². The second-order valence-corrected chi connectivity index (χ2v) is 5.24. The Balaban J connectivity index is 1.70. The van der Waals surface area contributed by atoms with Crippen LogP contribution in [0.2, 0.25) is 0 Å². The van der Waals surface area contributed by atoms with Gasteiger partial charge in [-0.2, -0.15) is 0 Å². The molecular weight excluding hydrogens is 266 g/mol. The number of rotatable bonds is 2. The van der Waals surface area contributed by atoms with Gasteiger partial charge in [0.15, 0.2) is 0 Å². The van der Waals surface area contributed by atoms with Crippen molar-refractivity contribution in [2.24, 2.45) is 0 Å². The summed E-state index contributed by atoms with van der Waals surface area (Å²) in [7, 11) is 0. The minimum Gasteiger partial charge on any atom is -0.457 e. The van der Waals surface area contributed by atoms with Crippen LogP contribution in [-0.2, 0) is 4.74 Å². The number of fused-ring (bicyclic) bond motifs is 1. The number of carbonyl (C=O) groups is 1. The molecule has 2 saturated heterocycles. The maximum atomic E-state index is 11.8. The third kappa shape index (κ3) is 2.22. The van der Waals surface area contributed by atoms with Gasteiger partial charge in [0.25, 0.3) is 0 Å². The maximum Gasteiger partial charge on any atom is 0.374 e. The van der Waals surface area contributed by atoms with Gasteiger partial charge in [0, 0.05) is 13.1 Å². The number of aliphatic hydroxyl groups excluding tert-OH is 3. The Morgan fingerprint density at radius 3 is 2.85 bits per heavy atom. The molecule has 110 valence electrons. The Morgan fingerprint density at radius 2 is 2.15 bits per heavy atom. The summed E-state index contributed by atoms with van der Waals surface area (Å²) in [4.78, 5) is 13.6. The molecule has 7 heteroatoms. The molecule has 0 spiro atoms. The van der Waals surface area contributed by atoms with E-state index < -0.39 is 36.4 Å². The Labute approximate surface area is 115 Å². The van der Waals surface area contributed by atoms with E-state index in [9.17, 15) is 20.1 Å². The lowest BCUT2D eigenvalue weighted by molar-refractivity contribution is -0.144. The average Bonchev–Trinajstić information content (AvgIpc) is 3.05. The van der Waals surface area contributed by atoms with Crippen molar-refractivity contribution in [2.45, 2.75) is 36.9 Å². The number of aliphatic hydroxyl groups is 3. The van der Waals surface area contributed by atoms with Gasteiger partial charge in [-0.15, -0.1) is 0 Å². The zero-order valence-corrected chi connectivity index (χ0v) is 10.8. The Hall–Kier alpha value is -1.41. The van der Waals surface area contributed by atoms with Crippen molar-refractivity contribution in [1.82, 2.24) is 4.90 Å². The van der Waals surface area contributed by atoms with Gasteiger partial charge in [0.2, 0.25) is 5.76 Å². The Kier molecular flexibility index (Phi) is 3.51. The van der Waals surface area contributed by atoms with E-state index >= 15 is 0 Å². The molecule has 20 heavy (non-hydrogen) atoms. The van der Waals surface area contributed by atoms with Crippen LogP contribution in [0.1, 0.15) is 17.0 Å². The quantitative estimate of drug-likeness (QED) is 0.597. The zero-order valence-electron chi connectivity index (χ0n) is 10.8. The van der Waals surface area contributed by atoms with Gasteiger partial charge in [-0.3, -0.25) is 4.90 Å². The van der Waals surface area contributed by atoms with Gasteiger partial charge >= 0.3 is 5.97 Å². The van der Waals surface area contributed by atoms with Crippen molar-refractivity contribution in [2.75, 3.05) is 13.1 Å². The fourth-order valence-electron chi connectivity index (χ4n) is 2.98. The van der Waals surface area contributed by atoms with Crippen molar-refractivity contribution in [3.05, 3.63) is 24.2 Å². The van der Waals surface area contributed by atoms with Crippen LogP contribution < -0.4 is 0 Å². The lowest BCUT2D eigenvalue weighted by Gasteiger charge is -2.42. The molecule has 7 nitrogen and oxygen atoms in total. The molecule has 0 aliphatic carbocycles. The summed E-state index contributed by atoms with van der Waals surface area (Å²) in [5.41, 5.74) is 0. The van der Waals surface area contributed by atoms with Crippen LogP contribution in [0, 0.1) is 0 Å². The van der Waals surface area contributed by atoms with Crippen LogP contribution in [0.5, 0.6) is 0 Å². The largest absolute Gasteiger partial charge is 0.457 e. The Bertz CT molecular complexity index is 475. The Morgan fingerprint density at radius 1 is 1.35 bits per heavy atom. The molecule has 2 aliphatic rings. The van der Waals surface area contributed by atoms with Crippen molar-refractivity contribution in [3.8, 4) is 0 Å². The summed E-state index contributed by atoms with van der Waals surface area (Å²) < 4.78 is 10.1. The molecule has 1 aromatic rings. The minimum absolute atomic E-state index is 0.0512. The van der Waals surface area contributed by atoms with Gasteiger partial charge in [-0.25, -0.2) is 4.79 Å². The highest BCUT2D eigenvalue weighted by molar-refractivity contribution is 5.86. The number of ether oxygens (including phenoxy) is 1. The van der Waals surface area contributed by atoms with Gasteiger partial charge < -0.3 is 24.5 Å². The van der Waals surface area contributed by atoms with Crippen LogP contribution in [-0.4, -0.2) is 69.7 Å². The van der Waals surface area contributed by atoms with Crippen LogP contribution in [0.25, 0.3) is 0 Å². The van der Waals surface area contributed by atoms with E-state index in [1.54, 1.807) is 6.07 Å². The van der Waals surface area contributed by atoms with Gasteiger partial charge in [-0.05, 0) is 18.6 Å². The van der Waals surface area contributed by atoms with E-state index in [0.29, 0.717) is 13.0 Å². The first kappa shape index (κ1) is 13.6. The average molecular weight is 283 g/mol. The van der Waals surface area contributed by atoms with Gasteiger partial charge in [-0.1, -0.05) is 0 Å². The lowest BCUT2D eigenvalue weighted by Crippen LogP contribution is -2.62. The van der Waals surface area contributed by atoms with Crippen molar-refractivity contribution in [3.63, 3.8) is 0 Å². The molecule has 3 N–H and O–H groups in total. The number of nitrogens with zero attached hydrogens (tertiary/aromatic N) is 1. The third-order valence-electron chi connectivity index (χ3n) is 4.00. The highest BCUT2D eigenvalue weighted by atomic mass is 16.6. The van der Waals surface area contributed by atoms with Crippen molar-refractivity contribution < 1.29 is 29.3 Å². The smallest absolute Gasteiger partial charge is 0.374 e. The van der Waals surface area contributed by atoms with E-state index in [1.807, 2.05) is 4.90 Å². The van der Waals surface area contributed by atoms with Gasteiger partial charge in [0.1, 0.15) is 18.3 Å². The lowest BCUT2D eigenvalue weighted by atomic mass is 9.93. The predicted molar refractivity (Wildman–Crippen MR) is 65.9 cm³/mol. The molecule has 0 radical (unpaired) electrons. The standard InChI is InChI=1S/C13H17NO6/c15-7-3-4-14-6-9(11(16)12(17)10(7)14)20-13(18)8-2-1-5-19-8/h1-2,5,7,9-12,15-17H,3-4,6H2/t7-,9-,10?,11+,12+/m0/s1. The molecule has 2 fully saturated rings. The molecule has 0 bridgehead atoms. The summed E-state index contributed by atoms with van der Waals surface area (Å²) in [5, 5.41) is 29.9. The molecule has 0 amide bonds. The molecular formula is C13H17NO6. The summed E-state index contributed by atoms with van der Waals surface area (Å²) >= 11 is 0. The number of carbonyl (C=O) groups excluding carboxylic acids is 1. The summed E-state index contributed by atoms with van der Waals surface area (Å²) in [6, 6.07) is 2.54. The topological polar surface area (TPSA) is 103 Å². The van der Waals surface area contributed by atoms with Crippen molar-refractivity contribution in [1.29, 1.82) is 0 Å². The highest BCUT2D eigenvalue weighted by Gasteiger charge is 2.49. The van der Waals surface area contributed by atoms with E-state index in [-0.39, 0.29) is 12.3 Å². The molecule has 3 rings (SSSR count). The molecule has 3 heterocycles. The predicted octanol–water partition coefficient (Wildman–Crippen LogP) is -1.02. The normalized spacial score (nSPS) is 37.6. The first-order chi connectivity index (χ1) is 9.58. The number of esters is 1. The first-order valence-corrected chi connectivity index (χ1v) is 6.60. The van der Waals surface area contributed by atoms with Crippen LogP contribution in [0.3, 0.4) is 0 Å². The van der Waals surface area contributed by atoms with Crippen LogP contribution >= 0.6 is 0 Å². The van der Waals surface area contributed by atoms with E-state index in [1.165, 1.54) is 12.3 Å². The molecule has 1 unspecified atom stereocenters. The zero-order chi connectivity index (χ0) is 14.3. The van der Waals surface area contributed by atoms with Crippen LogP contribution in [0.4, 0.5) is 0 Å². The highest BCUT2D eigenvalue weighted by Crippen LogP contribution is 2.29. The monoisotopic (exact) mass is 283 g/mol. The van der Waals surface area contributed by atoms with Crippen molar-refractivity contribution >= 4 is 5.97 Å².